The van der Waals surface area contributed by atoms with Gasteiger partial charge in [-0.05, 0) is 208 Å². The van der Waals surface area contributed by atoms with Crippen LogP contribution in [0.1, 0.15) is 68.7 Å². The second kappa shape index (κ2) is 40.9. The zero-order chi connectivity index (χ0) is 98.9. The number of hydrogen-bond acceptors (Lipinski definition) is 28. The molecule has 37 nitrogen and oxygen atoms in total. The number of aryl methyl sites for hydroxylation is 9. The van der Waals surface area contributed by atoms with Gasteiger partial charge in [-0.25, -0.2) is 59.5 Å². The number of hydrogen-bond donors (Lipinski definition) is 6. The molecule has 0 saturated carbocycles. The van der Waals surface area contributed by atoms with Gasteiger partial charge in [-0.15, -0.1) is 5.10 Å². The number of nitrogens with zero attached hydrogens (tertiary/aromatic N) is 25. The third-order valence-corrected chi connectivity index (χ3v) is 27.4. The molecular formula is C107H115N31O6. The Labute approximate surface area is 830 Å². The van der Waals surface area contributed by atoms with Gasteiger partial charge < -0.3 is 77.6 Å². The van der Waals surface area contributed by atoms with Crippen LogP contribution in [0.25, 0.3) is 168 Å². The van der Waals surface area contributed by atoms with Crippen molar-refractivity contribution < 1.29 is 28.2 Å². The molecule has 144 heavy (non-hydrogen) atoms. The molecule has 0 unspecified atom stereocenters. The lowest BCUT2D eigenvalue weighted by Gasteiger charge is -2.34. The van der Waals surface area contributed by atoms with Crippen LogP contribution >= 0.6 is 0 Å². The molecule has 734 valence electrons. The molecule has 6 N–H and O–H groups in total. The highest BCUT2D eigenvalue weighted by Crippen LogP contribution is 2.42. The van der Waals surface area contributed by atoms with Crippen molar-refractivity contribution in [3.05, 3.63) is 230 Å². The van der Waals surface area contributed by atoms with E-state index in [1.54, 1.807) is 10.9 Å². The monoisotopic (exact) mass is 1930 g/mol. The lowest BCUT2D eigenvalue weighted by molar-refractivity contribution is 0.0985. The van der Waals surface area contributed by atoms with Crippen molar-refractivity contribution in [1.82, 2.24) is 130 Å². The van der Waals surface area contributed by atoms with Crippen molar-refractivity contribution in [3.8, 4) is 113 Å². The molecule has 5 aliphatic heterocycles. The maximum absolute atomic E-state index is 5.64. The summed E-state index contributed by atoms with van der Waals surface area (Å²) in [7, 11) is 5.82. The summed E-state index contributed by atoms with van der Waals surface area (Å²) in [6.45, 7) is 34.0. The first-order chi connectivity index (χ1) is 70.2. The highest BCUT2D eigenvalue weighted by Gasteiger charge is 2.32. The van der Waals surface area contributed by atoms with Crippen LogP contribution in [-0.2, 0) is 44.8 Å². The second-order valence-electron chi connectivity index (χ2n) is 37.2. The molecule has 0 bridgehead atoms. The number of anilines is 5. The number of fused-ring (bicyclic) bond motifs is 5. The number of rotatable bonds is 15. The Morgan fingerprint density at radius 3 is 1.06 bits per heavy atom. The molecule has 25 rings (SSSR count). The lowest BCUT2D eigenvalue weighted by atomic mass is 10.0. The molecular weight excluding hydrogens is 1820 g/mol. The molecule has 0 aliphatic carbocycles. The van der Waals surface area contributed by atoms with Gasteiger partial charge in [0, 0.05) is 211 Å². The quantitative estimate of drug-likeness (QED) is 0.0555. The molecule has 5 saturated heterocycles. The predicted octanol–water partition coefficient (Wildman–Crippen LogP) is 17.1. The second-order valence-corrected chi connectivity index (χ2v) is 37.2. The van der Waals surface area contributed by atoms with Gasteiger partial charge in [-0.1, -0.05) is 10.4 Å². The van der Waals surface area contributed by atoms with Gasteiger partial charge in [-0.3, -0.25) is 14.5 Å². The summed E-state index contributed by atoms with van der Waals surface area (Å²) in [6, 6.07) is 42.8. The number of H-pyrrole nitrogens is 6. The minimum Gasteiger partial charge on any atom is -0.377 e. The van der Waals surface area contributed by atoms with Crippen LogP contribution in [0.3, 0.4) is 0 Å². The average molecular weight is 1930 g/mol. The first-order valence-electron chi connectivity index (χ1n) is 48.8. The van der Waals surface area contributed by atoms with E-state index in [-0.39, 0.29) is 30.2 Å². The summed E-state index contributed by atoms with van der Waals surface area (Å²) in [5.74, 6) is 6.18. The molecule has 5 aliphatic rings. The SMILES string of the molecule is C[C@@H]1COCCN1c1cc(-c2ccnn2C)cc(-c2ccnc3[nH]ccc23)n1.Cc1cnn(C)c1-c1cc(-c2ccnc3[nH]ccc23)nc(N2CCOC[C@H]2C)c1.Cc1n[nH]c(C)c1-c1cc(-c2ccnc3[nH]ccc23)nc(N2CCOC[C@H]2C)c1.Cc1nnn(C)c1-c1cc(N2CCOC[C@H]2C)nc(-c2ccnc3[nH]ccc23)n1.Cc1noc(C)c1-c1cc(-c2ccnc3[nH]ccc23)nc(N2CCOC[C@H]2C)c1. The molecule has 0 amide bonds. The van der Waals surface area contributed by atoms with Gasteiger partial charge >= 0.3 is 0 Å². The number of aromatic nitrogens is 26. The maximum Gasteiger partial charge on any atom is 0.163 e. The third kappa shape index (κ3) is 19.1. The molecule has 37 heteroatoms. The number of aromatic amines is 6. The maximum atomic E-state index is 5.64. The third-order valence-electron chi connectivity index (χ3n) is 27.4. The van der Waals surface area contributed by atoms with E-state index in [9.17, 15) is 0 Å². The highest BCUT2D eigenvalue weighted by molar-refractivity contribution is 5.98. The van der Waals surface area contributed by atoms with E-state index in [0.717, 1.165) is 258 Å². The van der Waals surface area contributed by atoms with Gasteiger partial charge in [0.05, 0.1) is 159 Å². The van der Waals surface area contributed by atoms with E-state index in [0.29, 0.717) is 71.9 Å². The summed E-state index contributed by atoms with van der Waals surface area (Å²) in [4.78, 5) is 79.7. The fourth-order valence-electron chi connectivity index (χ4n) is 20.1. The van der Waals surface area contributed by atoms with E-state index in [2.05, 4.69) is 219 Å². The van der Waals surface area contributed by atoms with E-state index >= 15 is 0 Å². The Morgan fingerprint density at radius 1 is 0.333 bits per heavy atom. The summed E-state index contributed by atoms with van der Waals surface area (Å²) < 4.78 is 39.2. The Hall–Kier alpha value is -16.1. The van der Waals surface area contributed by atoms with E-state index in [1.807, 2.05) is 187 Å². The molecule has 0 radical (unpaired) electrons. The standard InChI is InChI=1S/2C22H24N6O.C22H23N5O2.C21H22N6O.C20H22N8O/c1-14-12-25-27(3)21(14)16-10-19(17-4-6-23-22-18(17)5-7-24-22)26-20(11-16)28-8-9-29-13-15(28)2;1-13-12-29-9-8-28(13)20-11-16(21-14(2)26-27-15(21)3)10-19(25-20)17-4-6-23-22-18(17)5-7-24-22;1-13-12-28-9-8-27(13)20-11-16(21-14(2)26-29-15(21)3)10-19(25-20)17-4-6-23-22-18(17)5-7-24-22;1-14-13-28-10-9-27(14)20-12-15(19-5-8-24-26(19)2)11-18(25-20)16-3-6-22-21-17(16)4-7-23-21;1-12-11-29-9-8-28(12)17-10-16(18-13(2)25-26-27(18)3)23-20(24-17)15-5-7-22-19-14(15)4-6-21-19/h4-7,10-12,15H,8-9,13H2,1-3H3,(H,23,24);4-7,10-11,13H,8-9,12H2,1-3H3,(H,23,24)(H,26,27);4-7,10-11,13H,8-9,12H2,1-3H3,(H,23,24);3-8,11-12,14H,9-10,13H2,1-2H3,(H,22,23);4-7,10,12H,8-9,11H2,1-3H3,(H,21,22)/t15-;2*13-;14-;12-/m11111/s1. The lowest BCUT2D eigenvalue weighted by Crippen LogP contribution is -2.44. The van der Waals surface area contributed by atoms with Crippen LogP contribution in [0.5, 0.6) is 0 Å². The van der Waals surface area contributed by atoms with Crippen molar-refractivity contribution >= 4 is 84.3 Å². The molecule has 5 atom stereocenters. The van der Waals surface area contributed by atoms with Crippen LogP contribution in [-0.4, -0.2) is 259 Å². The Morgan fingerprint density at radius 2 is 0.708 bits per heavy atom. The zero-order valence-electron chi connectivity index (χ0n) is 83.1. The summed E-state index contributed by atoms with van der Waals surface area (Å²) >= 11 is 0. The van der Waals surface area contributed by atoms with Crippen LogP contribution in [0, 0.1) is 41.5 Å². The van der Waals surface area contributed by atoms with Gasteiger partial charge in [0.2, 0.25) is 0 Å². The Bertz CT molecular complexity index is 7170. The van der Waals surface area contributed by atoms with Crippen molar-refractivity contribution in [2.75, 3.05) is 123 Å². The van der Waals surface area contributed by atoms with Gasteiger partial charge in [0.1, 0.15) is 68.8 Å². The minimum absolute atomic E-state index is 0.231. The van der Waals surface area contributed by atoms with E-state index in [1.165, 1.54) is 0 Å². The van der Waals surface area contributed by atoms with Crippen molar-refractivity contribution in [3.63, 3.8) is 0 Å². The zero-order valence-corrected chi connectivity index (χ0v) is 83.1. The molecule has 5 fully saturated rings. The largest absolute Gasteiger partial charge is 0.377 e. The smallest absolute Gasteiger partial charge is 0.163 e. The van der Waals surface area contributed by atoms with Gasteiger partial charge in [0.25, 0.3) is 0 Å². The number of nitrogens with one attached hydrogen (secondary N) is 6. The highest BCUT2D eigenvalue weighted by atomic mass is 16.5. The normalized spacial score (nSPS) is 17.2. The topological polar surface area (TPSA) is 404 Å². The van der Waals surface area contributed by atoms with Crippen LogP contribution in [0.4, 0.5) is 29.1 Å². The molecule has 20 aromatic rings. The first kappa shape index (κ1) is 94.2. The van der Waals surface area contributed by atoms with Crippen LogP contribution in [0.15, 0.2) is 200 Å². The molecule has 0 spiro atoms. The van der Waals surface area contributed by atoms with Gasteiger partial charge in [0.15, 0.2) is 5.82 Å². The molecule has 25 heterocycles. The number of ether oxygens (including phenoxy) is 5. The summed E-state index contributed by atoms with van der Waals surface area (Å²) in [5.41, 5.74) is 28.5. The number of pyridine rings is 9. The molecule has 20 aromatic heterocycles. The Kier molecular flexibility index (Phi) is 26.7. The van der Waals surface area contributed by atoms with Gasteiger partial charge in [-0.2, -0.15) is 15.3 Å². The molecule has 0 aromatic carbocycles. The Balaban J connectivity index is 0.000000106. The minimum atomic E-state index is 0.231. The first-order valence-corrected chi connectivity index (χ1v) is 48.8. The fraction of sp³-hybridized carbons (Fsp3) is 0.318. The number of morpholine rings is 5. The summed E-state index contributed by atoms with van der Waals surface area (Å²) in [6.07, 6.45) is 22.3. The predicted molar refractivity (Wildman–Crippen MR) is 558 cm³/mol. The summed E-state index contributed by atoms with van der Waals surface area (Å²) in [5, 5.41) is 34.0. The van der Waals surface area contributed by atoms with Crippen molar-refractivity contribution in [2.24, 2.45) is 21.1 Å². The van der Waals surface area contributed by atoms with E-state index < -0.39 is 0 Å². The van der Waals surface area contributed by atoms with Crippen molar-refractivity contribution in [2.45, 2.75) is 106 Å². The van der Waals surface area contributed by atoms with Crippen LogP contribution < -0.4 is 24.5 Å². The van der Waals surface area contributed by atoms with Crippen molar-refractivity contribution in [1.29, 1.82) is 0 Å². The van der Waals surface area contributed by atoms with E-state index in [4.69, 9.17) is 58.1 Å². The average Bonchev–Trinajstić information content (AvgIpc) is 1.56. The van der Waals surface area contributed by atoms with Crippen LogP contribution in [0.2, 0.25) is 0 Å². The fourth-order valence-corrected chi connectivity index (χ4v) is 20.1.